The monoisotopic (exact) mass is 242 g/mol. The lowest BCUT2D eigenvalue weighted by Crippen LogP contribution is -2.18. The van der Waals surface area contributed by atoms with E-state index in [4.69, 9.17) is 17.4 Å². The summed E-state index contributed by atoms with van der Waals surface area (Å²) in [7, 11) is 3.56. The molecular weight excluding hydrogens is 224 g/mol. The Morgan fingerprint density at radius 2 is 1.81 bits per heavy atom. The van der Waals surface area contributed by atoms with E-state index in [1.807, 2.05) is 37.3 Å². The van der Waals surface area contributed by atoms with Gasteiger partial charge in [0.2, 0.25) is 0 Å². The Morgan fingerprint density at radius 3 is 2.19 bits per heavy atom. The van der Waals surface area contributed by atoms with Crippen LogP contribution in [0.4, 0.5) is 0 Å². The van der Waals surface area contributed by atoms with Gasteiger partial charge in [-0.05, 0) is 0 Å². The van der Waals surface area contributed by atoms with Crippen molar-refractivity contribution in [2.24, 2.45) is 11.8 Å². The second-order valence-corrected chi connectivity index (χ2v) is 4.06. The molecule has 0 aliphatic heterocycles. The van der Waals surface area contributed by atoms with Crippen LogP contribution in [0.25, 0.3) is 0 Å². The molecule has 0 saturated carbocycles. The van der Waals surface area contributed by atoms with Gasteiger partial charge in [0.05, 0.1) is 0 Å². The molecule has 0 spiro atoms. The van der Waals surface area contributed by atoms with Crippen molar-refractivity contribution < 1.29 is 4.79 Å². The van der Waals surface area contributed by atoms with Crippen LogP contribution in [0, 0.1) is 5.92 Å². The van der Waals surface area contributed by atoms with Gasteiger partial charge in [0.15, 0.2) is 5.78 Å². The highest BCUT2D eigenvalue weighted by Crippen LogP contribution is 2.09. The van der Waals surface area contributed by atoms with Gasteiger partial charge < -0.3 is 0 Å². The minimum absolute atomic E-state index is 0.0888. The summed E-state index contributed by atoms with van der Waals surface area (Å²) in [6.45, 7) is 1.84. The van der Waals surface area contributed by atoms with Crippen molar-refractivity contribution in [3.8, 4) is 0 Å². The quantitative estimate of drug-likeness (QED) is 0.383. The fourth-order valence-corrected chi connectivity index (χ4v) is 1.10. The van der Waals surface area contributed by atoms with Crippen molar-refractivity contribution in [3.05, 3.63) is 35.9 Å². The van der Waals surface area contributed by atoms with Gasteiger partial charge in [0, 0.05) is 31.5 Å². The molecule has 1 atom stereocenters. The standard InChI is InChI=1S/C10H11ClO.C2H8N2/c1-8(7-11)10(12)9-5-3-2-4-6-9;1-4(2)3/h2-6,8H,7H2,1H3;3H2,1-2H3. The van der Waals surface area contributed by atoms with Crippen LogP contribution in [0.5, 0.6) is 0 Å². The zero-order valence-electron chi connectivity index (χ0n) is 9.98. The lowest BCUT2D eigenvalue weighted by molar-refractivity contribution is 0.0941. The van der Waals surface area contributed by atoms with Crippen LogP contribution in [0.3, 0.4) is 0 Å². The third kappa shape index (κ3) is 6.56. The van der Waals surface area contributed by atoms with E-state index in [0.29, 0.717) is 5.88 Å². The van der Waals surface area contributed by atoms with E-state index in [2.05, 4.69) is 0 Å². The average Bonchev–Trinajstić information content (AvgIpc) is 2.27. The predicted octanol–water partition coefficient (Wildman–Crippen LogP) is 2.17. The van der Waals surface area contributed by atoms with Gasteiger partial charge in [0.1, 0.15) is 0 Å². The smallest absolute Gasteiger partial charge is 0.166 e. The number of alkyl halides is 1. The molecule has 0 aliphatic rings. The molecule has 3 nitrogen and oxygen atoms in total. The van der Waals surface area contributed by atoms with Crippen LogP contribution in [-0.4, -0.2) is 30.8 Å². The Morgan fingerprint density at radius 1 is 1.38 bits per heavy atom. The molecule has 1 aromatic rings. The van der Waals surface area contributed by atoms with Gasteiger partial charge in [-0.25, -0.2) is 0 Å². The van der Waals surface area contributed by atoms with Gasteiger partial charge in [-0.1, -0.05) is 37.3 Å². The number of hydrazine groups is 1. The third-order valence-electron chi connectivity index (χ3n) is 1.74. The summed E-state index contributed by atoms with van der Waals surface area (Å²) in [6.07, 6.45) is 0. The zero-order valence-corrected chi connectivity index (χ0v) is 10.7. The Labute approximate surface area is 102 Å². The summed E-state index contributed by atoms with van der Waals surface area (Å²) >= 11 is 5.58. The average molecular weight is 243 g/mol. The molecule has 0 fully saturated rings. The van der Waals surface area contributed by atoms with Crippen molar-refractivity contribution in [1.29, 1.82) is 0 Å². The first-order chi connectivity index (χ1) is 7.49. The van der Waals surface area contributed by atoms with Gasteiger partial charge in [-0.2, -0.15) is 0 Å². The van der Waals surface area contributed by atoms with Crippen LogP contribution < -0.4 is 5.84 Å². The largest absolute Gasteiger partial charge is 0.294 e. The Balaban J connectivity index is 0.000000487. The highest BCUT2D eigenvalue weighted by atomic mass is 35.5. The van der Waals surface area contributed by atoms with Gasteiger partial charge in [0.25, 0.3) is 0 Å². The predicted molar refractivity (Wildman–Crippen MR) is 68.5 cm³/mol. The topological polar surface area (TPSA) is 46.3 Å². The number of hydrogen-bond acceptors (Lipinski definition) is 3. The summed E-state index contributed by atoms with van der Waals surface area (Å²) in [5.74, 6) is 5.35. The maximum atomic E-state index is 11.5. The molecule has 0 heterocycles. The van der Waals surface area contributed by atoms with E-state index < -0.39 is 0 Å². The fourth-order valence-electron chi connectivity index (χ4n) is 0.957. The van der Waals surface area contributed by atoms with Gasteiger partial charge >= 0.3 is 0 Å². The van der Waals surface area contributed by atoms with Crippen molar-refractivity contribution in [2.75, 3.05) is 20.0 Å². The Kier molecular flexibility index (Phi) is 7.81. The van der Waals surface area contributed by atoms with Crippen LogP contribution in [0.15, 0.2) is 30.3 Å². The number of benzene rings is 1. The minimum atomic E-state index is -0.0888. The Hall–Kier alpha value is -0.900. The Bertz CT molecular complexity index is 298. The molecule has 1 rings (SSSR count). The number of nitrogens with two attached hydrogens (primary N) is 1. The van der Waals surface area contributed by atoms with E-state index >= 15 is 0 Å². The summed E-state index contributed by atoms with van der Waals surface area (Å²) in [5, 5.41) is 1.50. The van der Waals surface area contributed by atoms with Crippen LogP contribution in [0.1, 0.15) is 17.3 Å². The highest BCUT2D eigenvalue weighted by molar-refractivity contribution is 6.20. The van der Waals surface area contributed by atoms with Crippen LogP contribution >= 0.6 is 11.6 Å². The summed E-state index contributed by atoms with van der Waals surface area (Å²) in [5.41, 5.74) is 0.741. The minimum Gasteiger partial charge on any atom is -0.294 e. The summed E-state index contributed by atoms with van der Waals surface area (Å²) < 4.78 is 0. The normalized spacial score (nSPS) is 11.6. The van der Waals surface area contributed by atoms with E-state index in [1.54, 1.807) is 14.1 Å². The van der Waals surface area contributed by atoms with E-state index in [0.717, 1.165) is 5.56 Å². The maximum absolute atomic E-state index is 11.5. The van der Waals surface area contributed by atoms with Crippen molar-refractivity contribution in [3.63, 3.8) is 0 Å². The SMILES string of the molecule is CC(CCl)C(=O)c1ccccc1.CN(C)N. The third-order valence-corrected chi connectivity index (χ3v) is 2.20. The number of hydrogen-bond donors (Lipinski definition) is 1. The number of halogens is 1. The highest BCUT2D eigenvalue weighted by Gasteiger charge is 2.12. The lowest BCUT2D eigenvalue weighted by Gasteiger charge is -2.04. The number of nitrogens with zero attached hydrogens (tertiary/aromatic N) is 1. The molecule has 1 unspecified atom stereocenters. The molecule has 90 valence electrons. The molecular formula is C12H19ClN2O. The molecule has 16 heavy (non-hydrogen) atoms. The van der Waals surface area contributed by atoms with E-state index in [-0.39, 0.29) is 11.7 Å². The first-order valence-corrected chi connectivity index (χ1v) is 5.59. The van der Waals surface area contributed by atoms with Gasteiger partial charge in [-0.15, -0.1) is 11.6 Å². The molecule has 2 N–H and O–H groups in total. The second-order valence-electron chi connectivity index (χ2n) is 3.75. The molecule has 1 aromatic carbocycles. The van der Waals surface area contributed by atoms with Crippen molar-refractivity contribution >= 4 is 17.4 Å². The number of Topliss-reactive ketones (excluding diaryl/α,β-unsaturated/α-hetero) is 1. The zero-order chi connectivity index (χ0) is 12.6. The second kappa shape index (κ2) is 8.28. The summed E-state index contributed by atoms with van der Waals surface area (Å²) in [6, 6.07) is 9.22. The first kappa shape index (κ1) is 15.1. The molecule has 0 bridgehead atoms. The molecule has 0 amide bonds. The fraction of sp³-hybridized carbons (Fsp3) is 0.417. The molecule has 0 saturated heterocycles. The number of carbonyl (C=O) groups is 1. The molecule has 0 radical (unpaired) electrons. The first-order valence-electron chi connectivity index (χ1n) is 5.06. The van der Waals surface area contributed by atoms with Crippen LogP contribution in [0.2, 0.25) is 0 Å². The van der Waals surface area contributed by atoms with E-state index in [1.165, 1.54) is 5.01 Å². The molecule has 0 aromatic heterocycles. The molecule has 0 aliphatic carbocycles. The van der Waals surface area contributed by atoms with E-state index in [9.17, 15) is 4.79 Å². The molecule has 4 heteroatoms. The van der Waals surface area contributed by atoms with Crippen molar-refractivity contribution in [2.45, 2.75) is 6.92 Å². The number of rotatable bonds is 3. The maximum Gasteiger partial charge on any atom is 0.166 e. The lowest BCUT2D eigenvalue weighted by atomic mass is 10.0. The van der Waals surface area contributed by atoms with Crippen molar-refractivity contribution in [1.82, 2.24) is 5.01 Å². The van der Waals surface area contributed by atoms with Crippen LogP contribution in [-0.2, 0) is 0 Å². The number of carbonyl (C=O) groups excluding carboxylic acids is 1. The summed E-state index contributed by atoms with van der Waals surface area (Å²) in [4.78, 5) is 11.5. The van der Waals surface area contributed by atoms with Gasteiger partial charge in [-0.3, -0.25) is 15.6 Å². The number of ketones is 1.